The van der Waals surface area contributed by atoms with Crippen LogP contribution in [0, 0.1) is 0 Å². The van der Waals surface area contributed by atoms with Crippen LogP contribution in [-0.4, -0.2) is 29.1 Å². The summed E-state index contributed by atoms with van der Waals surface area (Å²) in [7, 11) is 0. The number of hydrogen-bond donors (Lipinski definition) is 0. The maximum Gasteiger partial charge on any atom is 0.471 e. The molecule has 0 aliphatic heterocycles. The molecule has 0 spiro atoms. The Balaban J connectivity index is 1.96. The molecule has 0 unspecified atom stereocenters. The number of carbonyl (C=O) groups is 1. The molecule has 2 rings (SSSR count). The monoisotopic (exact) mass is 340 g/mol. The van der Waals surface area contributed by atoms with E-state index < -0.39 is 12.1 Å². The molecule has 1 aromatic carbocycles. The summed E-state index contributed by atoms with van der Waals surface area (Å²) in [6.45, 7) is 5.77. The molecule has 0 aliphatic carbocycles. The standard InChI is InChI=1S/C16H15F3N2O3/c1-10(2)8-23-9-13(22)7-11-3-5-12(6-4-11)14-20-15(24-21-14)16(17,18)19/h3-6H,1,7-9H2,2H3. The number of carbonyl (C=O) groups excluding carboxylic acids is 1. The summed E-state index contributed by atoms with van der Waals surface area (Å²) in [5.74, 6) is -1.67. The summed E-state index contributed by atoms with van der Waals surface area (Å²) >= 11 is 0. The molecule has 0 bridgehead atoms. The van der Waals surface area contributed by atoms with Gasteiger partial charge < -0.3 is 9.26 Å². The Morgan fingerprint density at radius 3 is 2.46 bits per heavy atom. The third kappa shape index (κ3) is 5.02. The number of hydrogen-bond acceptors (Lipinski definition) is 5. The third-order valence-corrected chi connectivity index (χ3v) is 2.89. The minimum absolute atomic E-state index is 0.0194. The predicted molar refractivity (Wildman–Crippen MR) is 79.1 cm³/mol. The summed E-state index contributed by atoms with van der Waals surface area (Å²) in [4.78, 5) is 15.0. The highest BCUT2D eigenvalue weighted by atomic mass is 19.4. The van der Waals surface area contributed by atoms with Gasteiger partial charge in [0, 0.05) is 12.0 Å². The van der Waals surface area contributed by atoms with Crippen LogP contribution < -0.4 is 0 Å². The van der Waals surface area contributed by atoms with E-state index in [9.17, 15) is 18.0 Å². The van der Waals surface area contributed by atoms with Crippen molar-refractivity contribution in [1.82, 2.24) is 10.1 Å². The van der Waals surface area contributed by atoms with Gasteiger partial charge in [-0.3, -0.25) is 4.79 Å². The van der Waals surface area contributed by atoms with Gasteiger partial charge in [-0.05, 0) is 12.5 Å². The van der Waals surface area contributed by atoms with Crippen molar-refractivity contribution in [3.63, 3.8) is 0 Å². The Bertz CT molecular complexity index is 721. The summed E-state index contributed by atoms with van der Waals surface area (Å²) in [5, 5.41) is 3.30. The highest BCUT2D eigenvalue weighted by molar-refractivity contribution is 5.82. The molecule has 1 heterocycles. The Kier molecular flexibility index (Phi) is 5.50. The number of benzene rings is 1. The summed E-state index contributed by atoms with van der Waals surface area (Å²) in [6.07, 6.45) is -4.52. The molecule has 0 saturated heterocycles. The molecule has 2 aromatic rings. The average Bonchev–Trinajstić information content (AvgIpc) is 2.97. The first-order valence-electron chi connectivity index (χ1n) is 7.00. The lowest BCUT2D eigenvalue weighted by Crippen LogP contribution is -2.12. The molecule has 8 heteroatoms. The summed E-state index contributed by atoms with van der Waals surface area (Å²) in [6, 6.07) is 6.30. The number of Topliss-reactive ketones (excluding diaryl/α,β-unsaturated/α-hetero) is 1. The third-order valence-electron chi connectivity index (χ3n) is 2.89. The second-order valence-electron chi connectivity index (χ2n) is 5.28. The van der Waals surface area contributed by atoms with Crippen LogP contribution in [0.15, 0.2) is 40.9 Å². The number of rotatable bonds is 7. The predicted octanol–water partition coefficient (Wildman–Crippen LogP) is 3.46. The lowest BCUT2D eigenvalue weighted by Gasteiger charge is -2.04. The van der Waals surface area contributed by atoms with E-state index in [2.05, 4.69) is 21.2 Å². The molecule has 5 nitrogen and oxygen atoms in total. The Morgan fingerprint density at radius 1 is 1.25 bits per heavy atom. The maximum atomic E-state index is 12.4. The van der Waals surface area contributed by atoms with Crippen LogP contribution in [0.3, 0.4) is 0 Å². The van der Waals surface area contributed by atoms with E-state index >= 15 is 0 Å². The van der Waals surface area contributed by atoms with Gasteiger partial charge >= 0.3 is 12.1 Å². The van der Waals surface area contributed by atoms with Crippen molar-refractivity contribution in [1.29, 1.82) is 0 Å². The van der Waals surface area contributed by atoms with E-state index in [1.54, 1.807) is 19.1 Å². The zero-order valence-corrected chi connectivity index (χ0v) is 12.9. The fourth-order valence-corrected chi connectivity index (χ4v) is 1.85. The molecule has 0 atom stereocenters. The van der Waals surface area contributed by atoms with E-state index in [1.165, 1.54) is 12.1 Å². The van der Waals surface area contributed by atoms with Gasteiger partial charge in [0.25, 0.3) is 0 Å². The van der Waals surface area contributed by atoms with Crippen LogP contribution in [-0.2, 0) is 22.1 Å². The van der Waals surface area contributed by atoms with Crippen molar-refractivity contribution in [3.8, 4) is 11.4 Å². The molecule has 0 radical (unpaired) electrons. The smallest absolute Gasteiger partial charge is 0.369 e. The zero-order valence-electron chi connectivity index (χ0n) is 12.9. The molecule has 24 heavy (non-hydrogen) atoms. The Hall–Kier alpha value is -2.48. The van der Waals surface area contributed by atoms with Gasteiger partial charge in [0.1, 0.15) is 6.61 Å². The summed E-state index contributed by atoms with van der Waals surface area (Å²) < 4.78 is 46.6. The quantitative estimate of drug-likeness (QED) is 0.722. The van der Waals surface area contributed by atoms with Crippen LogP contribution >= 0.6 is 0 Å². The first-order chi connectivity index (χ1) is 11.3. The van der Waals surface area contributed by atoms with Gasteiger partial charge in [0.05, 0.1) is 6.61 Å². The fraction of sp³-hybridized carbons (Fsp3) is 0.312. The maximum absolute atomic E-state index is 12.4. The Labute approximate surface area is 136 Å². The first-order valence-corrected chi connectivity index (χ1v) is 7.00. The lowest BCUT2D eigenvalue weighted by atomic mass is 10.1. The number of ether oxygens (including phenoxy) is 1. The molecule has 0 amide bonds. The van der Waals surface area contributed by atoms with Gasteiger partial charge in [-0.15, -0.1) is 0 Å². The van der Waals surface area contributed by atoms with Crippen molar-refractivity contribution in [3.05, 3.63) is 47.9 Å². The van der Waals surface area contributed by atoms with Crippen molar-refractivity contribution in [2.75, 3.05) is 13.2 Å². The van der Waals surface area contributed by atoms with Crippen LogP contribution in [0.4, 0.5) is 13.2 Å². The van der Waals surface area contributed by atoms with E-state index in [1.807, 2.05) is 0 Å². The molecular weight excluding hydrogens is 325 g/mol. The molecule has 1 aromatic heterocycles. The fourth-order valence-electron chi connectivity index (χ4n) is 1.85. The highest BCUT2D eigenvalue weighted by Gasteiger charge is 2.38. The van der Waals surface area contributed by atoms with Crippen molar-refractivity contribution in [2.45, 2.75) is 19.5 Å². The zero-order chi connectivity index (χ0) is 17.7. The van der Waals surface area contributed by atoms with Gasteiger partial charge in [-0.25, -0.2) is 0 Å². The number of alkyl halides is 3. The minimum Gasteiger partial charge on any atom is -0.369 e. The molecule has 0 aliphatic rings. The number of nitrogens with zero attached hydrogens (tertiary/aromatic N) is 2. The van der Waals surface area contributed by atoms with Crippen molar-refractivity contribution in [2.24, 2.45) is 0 Å². The van der Waals surface area contributed by atoms with Crippen molar-refractivity contribution >= 4 is 5.78 Å². The van der Waals surface area contributed by atoms with Crippen LogP contribution in [0.2, 0.25) is 0 Å². The second-order valence-corrected chi connectivity index (χ2v) is 5.28. The van der Waals surface area contributed by atoms with Crippen LogP contribution in [0.1, 0.15) is 18.4 Å². The summed E-state index contributed by atoms with van der Waals surface area (Å²) in [5.41, 5.74) is 1.90. The average molecular weight is 340 g/mol. The molecule has 0 N–H and O–H groups in total. The van der Waals surface area contributed by atoms with Gasteiger partial charge in [0.2, 0.25) is 5.82 Å². The minimum atomic E-state index is -4.68. The normalized spacial score (nSPS) is 11.5. The number of aromatic nitrogens is 2. The van der Waals surface area contributed by atoms with E-state index in [0.717, 1.165) is 5.57 Å². The molecule has 0 fully saturated rings. The lowest BCUT2D eigenvalue weighted by molar-refractivity contribution is -0.159. The largest absolute Gasteiger partial charge is 0.471 e. The van der Waals surface area contributed by atoms with E-state index in [0.29, 0.717) is 17.7 Å². The van der Waals surface area contributed by atoms with Gasteiger partial charge in [-0.2, -0.15) is 18.2 Å². The van der Waals surface area contributed by atoms with E-state index in [-0.39, 0.29) is 24.6 Å². The van der Waals surface area contributed by atoms with Crippen LogP contribution in [0.25, 0.3) is 11.4 Å². The molecule has 0 saturated carbocycles. The van der Waals surface area contributed by atoms with Gasteiger partial charge in [-0.1, -0.05) is 41.6 Å². The molecule has 128 valence electrons. The SMILES string of the molecule is C=C(C)COCC(=O)Cc1ccc(-c2noc(C(F)(F)F)n2)cc1. The topological polar surface area (TPSA) is 65.2 Å². The highest BCUT2D eigenvalue weighted by Crippen LogP contribution is 2.29. The first kappa shape index (κ1) is 17.9. The number of ketones is 1. The van der Waals surface area contributed by atoms with Crippen molar-refractivity contribution < 1.29 is 27.2 Å². The van der Waals surface area contributed by atoms with Crippen LogP contribution in [0.5, 0.6) is 0 Å². The van der Waals surface area contributed by atoms with Gasteiger partial charge in [0.15, 0.2) is 5.78 Å². The number of halogens is 3. The molecular formula is C16H15F3N2O3. The van der Waals surface area contributed by atoms with E-state index in [4.69, 9.17) is 4.74 Å². The Morgan fingerprint density at radius 2 is 1.92 bits per heavy atom. The second kappa shape index (κ2) is 7.39.